The Hall–Kier alpha value is -0.170. The Kier molecular flexibility index (Phi) is 5.17. The predicted molar refractivity (Wildman–Crippen MR) is 63.6 cm³/mol. The average molecular weight is 250 g/mol. The summed E-state index contributed by atoms with van der Waals surface area (Å²) >= 11 is 0. The fraction of sp³-hybridized carbons (Fsp3) is 1.00. The Balaban J connectivity index is 2.37. The summed E-state index contributed by atoms with van der Waals surface area (Å²) in [5.41, 5.74) is 2.74. The number of nitrogens with two attached hydrogens (primary N) is 1. The molecule has 3 atom stereocenters. The highest BCUT2D eigenvalue weighted by atomic mass is 32.2. The van der Waals surface area contributed by atoms with Gasteiger partial charge in [0.25, 0.3) is 0 Å². The van der Waals surface area contributed by atoms with Crippen molar-refractivity contribution in [1.29, 1.82) is 0 Å². The van der Waals surface area contributed by atoms with Crippen LogP contribution < -0.4 is 11.3 Å². The van der Waals surface area contributed by atoms with E-state index in [-0.39, 0.29) is 17.9 Å². The van der Waals surface area contributed by atoms with Crippen LogP contribution in [0.4, 0.5) is 0 Å². The summed E-state index contributed by atoms with van der Waals surface area (Å²) in [5, 5.41) is 0. The third-order valence-corrected chi connectivity index (χ3v) is 4.12. The van der Waals surface area contributed by atoms with E-state index in [1.807, 2.05) is 0 Å². The van der Waals surface area contributed by atoms with Gasteiger partial charge in [-0.1, -0.05) is 6.92 Å². The number of hydrazine groups is 1. The van der Waals surface area contributed by atoms with E-state index < -0.39 is 9.84 Å². The maximum Gasteiger partial charge on any atom is 0.147 e. The zero-order valence-corrected chi connectivity index (χ0v) is 10.8. The van der Waals surface area contributed by atoms with Crippen molar-refractivity contribution in [3.63, 3.8) is 0 Å². The van der Waals surface area contributed by atoms with Crippen LogP contribution in [0.15, 0.2) is 0 Å². The third kappa shape index (κ3) is 4.37. The van der Waals surface area contributed by atoms with Crippen LogP contribution in [-0.2, 0) is 14.6 Å². The first-order chi connectivity index (χ1) is 7.44. The Bertz CT molecular complexity index is 305. The molecular weight excluding hydrogens is 228 g/mol. The Morgan fingerprint density at radius 2 is 2.25 bits per heavy atom. The van der Waals surface area contributed by atoms with Crippen molar-refractivity contribution in [2.24, 2.45) is 11.8 Å². The van der Waals surface area contributed by atoms with Gasteiger partial charge in [-0.25, -0.2) is 8.42 Å². The second-order valence-electron chi connectivity index (χ2n) is 4.65. The quantitative estimate of drug-likeness (QED) is 0.515. The minimum Gasteiger partial charge on any atom is -0.376 e. The molecule has 1 fully saturated rings. The molecule has 1 rings (SSSR count). The SMILES string of the molecule is CC1CCOC1C(CCCS(C)(=O)=O)NN. The first kappa shape index (κ1) is 13.9. The number of hydrogen-bond donors (Lipinski definition) is 2. The lowest BCUT2D eigenvalue weighted by Gasteiger charge is -2.25. The normalized spacial score (nSPS) is 28.2. The zero-order valence-electron chi connectivity index (χ0n) is 9.98. The fourth-order valence-electron chi connectivity index (χ4n) is 2.14. The molecule has 0 saturated carbocycles. The molecule has 0 aromatic rings. The number of nitrogens with one attached hydrogen (secondary N) is 1. The summed E-state index contributed by atoms with van der Waals surface area (Å²) in [4.78, 5) is 0. The minimum atomic E-state index is -2.87. The van der Waals surface area contributed by atoms with E-state index in [2.05, 4.69) is 12.3 Å². The zero-order chi connectivity index (χ0) is 12.2. The van der Waals surface area contributed by atoms with E-state index >= 15 is 0 Å². The monoisotopic (exact) mass is 250 g/mol. The fourth-order valence-corrected chi connectivity index (χ4v) is 2.83. The smallest absolute Gasteiger partial charge is 0.147 e. The summed E-state index contributed by atoms with van der Waals surface area (Å²) in [7, 11) is -2.87. The van der Waals surface area contributed by atoms with Crippen LogP contribution in [-0.4, -0.2) is 39.2 Å². The van der Waals surface area contributed by atoms with Crippen LogP contribution in [0.1, 0.15) is 26.2 Å². The Morgan fingerprint density at radius 1 is 1.56 bits per heavy atom. The molecular formula is C10H22N2O3S. The number of rotatable bonds is 6. The molecule has 0 radical (unpaired) electrons. The Labute approximate surface area is 97.6 Å². The van der Waals surface area contributed by atoms with Gasteiger partial charge in [0.05, 0.1) is 6.10 Å². The molecule has 0 aromatic heterocycles. The minimum absolute atomic E-state index is 0.0549. The van der Waals surface area contributed by atoms with Gasteiger partial charge in [0, 0.05) is 24.7 Å². The molecule has 0 bridgehead atoms. The summed E-state index contributed by atoms with van der Waals surface area (Å²) in [5.74, 6) is 6.19. The number of hydrogen-bond acceptors (Lipinski definition) is 5. The van der Waals surface area contributed by atoms with E-state index in [1.54, 1.807) is 0 Å². The first-order valence-corrected chi connectivity index (χ1v) is 7.75. The van der Waals surface area contributed by atoms with Gasteiger partial charge in [0.1, 0.15) is 9.84 Å². The van der Waals surface area contributed by atoms with Gasteiger partial charge in [-0.3, -0.25) is 11.3 Å². The molecule has 96 valence electrons. The average Bonchev–Trinajstić information content (AvgIpc) is 2.58. The van der Waals surface area contributed by atoms with E-state index in [9.17, 15) is 8.42 Å². The van der Waals surface area contributed by atoms with Crippen LogP contribution in [0, 0.1) is 5.92 Å². The molecule has 3 unspecified atom stereocenters. The topological polar surface area (TPSA) is 81.4 Å². The van der Waals surface area contributed by atoms with Crippen molar-refractivity contribution in [2.75, 3.05) is 18.6 Å². The van der Waals surface area contributed by atoms with Crippen molar-refractivity contribution in [2.45, 2.75) is 38.3 Å². The van der Waals surface area contributed by atoms with Gasteiger partial charge >= 0.3 is 0 Å². The molecule has 1 heterocycles. The van der Waals surface area contributed by atoms with E-state index in [4.69, 9.17) is 10.6 Å². The van der Waals surface area contributed by atoms with Crippen molar-refractivity contribution in [3.05, 3.63) is 0 Å². The van der Waals surface area contributed by atoms with Crippen LogP contribution in [0.2, 0.25) is 0 Å². The molecule has 1 saturated heterocycles. The lowest BCUT2D eigenvalue weighted by atomic mass is 9.95. The van der Waals surface area contributed by atoms with Crippen molar-refractivity contribution >= 4 is 9.84 Å². The van der Waals surface area contributed by atoms with Gasteiger partial charge in [-0.05, 0) is 25.2 Å². The second-order valence-corrected chi connectivity index (χ2v) is 6.91. The molecule has 0 spiro atoms. The van der Waals surface area contributed by atoms with Crippen molar-refractivity contribution in [1.82, 2.24) is 5.43 Å². The maximum atomic E-state index is 11.0. The van der Waals surface area contributed by atoms with Crippen LogP contribution in [0.3, 0.4) is 0 Å². The molecule has 1 aliphatic heterocycles. The number of sulfone groups is 1. The van der Waals surface area contributed by atoms with Gasteiger partial charge in [0.2, 0.25) is 0 Å². The molecule has 3 N–H and O–H groups in total. The van der Waals surface area contributed by atoms with Crippen LogP contribution in [0.5, 0.6) is 0 Å². The molecule has 16 heavy (non-hydrogen) atoms. The first-order valence-electron chi connectivity index (χ1n) is 5.69. The third-order valence-electron chi connectivity index (χ3n) is 3.09. The van der Waals surface area contributed by atoms with Crippen molar-refractivity contribution in [3.8, 4) is 0 Å². The van der Waals surface area contributed by atoms with Crippen LogP contribution >= 0.6 is 0 Å². The number of ether oxygens (including phenoxy) is 1. The standard InChI is InChI=1S/C10H22N2O3S/c1-8-5-6-15-10(8)9(12-11)4-3-7-16(2,13)14/h8-10,12H,3-7,11H2,1-2H3. The summed E-state index contributed by atoms with van der Waals surface area (Å²) in [6.45, 7) is 2.91. The lowest BCUT2D eigenvalue weighted by Crippen LogP contribution is -2.46. The highest BCUT2D eigenvalue weighted by Crippen LogP contribution is 2.24. The highest BCUT2D eigenvalue weighted by molar-refractivity contribution is 7.90. The molecule has 1 aliphatic rings. The summed E-state index contributed by atoms with van der Waals surface area (Å²) in [6.07, 6.45) is 3.78. The Morgan fingerprint density at radius 3 is 2.69 bits per heavy atom. The second kappa shape index (κ2) is 5.95. The summed E-state index contributed by atoms with van der Waals surface area (Å²) < 4.78 is 27.6. The van der Waals surface area contributed by atoms with Gasteiger partial charge in [-0.15, -0.1) is 0 Å². The van der Waals surface area contributed by atoms with Crippen molar-refractivity contribution < 1.29 is 13.2 Å². The highest BCUT2D eigenvalue weighted by Gasteiger charge is 2.31. The molecule has 0 aliphatic carbocycles. The molecule has 0 amide bonds. The predicted octanol–water partition coefficient (Wildman–Crippen LogP) is 0.0681. The molecule has 6 heteroatoms. The summed E-state index contributed by atoms with van der Waals surface area (Å²) in [6, 6.07) is 0.0549. The van der Waals surface area contributed by atoms with E-state index in [1.165, 1.54) is 6.26 Å². The molecule has 0 aromatic carbocycles. The maximum absolute atomic E-state index is 11.0. The van der Waals surface area contributed by atoms with E-state index in [0.29, 0.717) is 12.3 Å². The van der Waals surface area contributed by atoms with Gasteiger partial charge in [0.15, 0.2) is 0 Å². The van der Waals surface area contributed by atoms with Gasteiger partial charge in [-0.2, -0.15) is 0 Å². The largest absolute Gasteiger partial charge is 0.376 e. The lowest BCUT2D eigenvalue weighted by molar-refractivity contribution is 0.0581. The van der Waals surface area contributed by atoms with Crippen LogP contribution in [0.25, 0.3) is 0 Å². The van der Waals surface area contributed by atoms with Gasteiger partial charge < -0.3 is 4.74 Å². The van der Waals surface area contributed by atoms with E-state index in [0.717, 1.165) is 19.4 Å². The molecule has 5 nitrogen and oxygen atoms in total.